The summed E-state index contributed by atoms with van der Waals surface area (Å²) < 4.78 is 35.8. The molecular formula is C10H12BrFO3S. The summed E-state index contributed by atoms with van der Waals surface area (Å²) in [6, 6.07) is 4.44. The summed E-state index contributed by atoms with van der Waals surface area (Å²) in [6.07, 6.45) is -0.0500. The third-order valence-electron chi connectivity index (χ3n) is 1.97. The average molecular weight is 311 g/mol. The van der Waals surface area contributed by atoms with Gasteiger partial charge in [-0.15, -0.1) is 0 Å². The highest BCUT2D eigenvalue weighted by Gasteiger charge is 2.14. The molecule has 1 N–H and O–H groups in total. The number of aliphatic hydroxyl groups is 1. The van der Waals surface area contributed by atoms with Gasteiger partial charge in [0, 0.05) is 17.1 Å². The highest BCUT2D eigenvalue weighted by molar-refractivity contribution is 9.10. The minimum atomic E-state index is -3.25. The van der Waals surface area contributed by atoms with Crippen LogP contribution in [0.1, 0.15) is 5.56 Å². The van der Waals surface area contributed by atoms with E-state index in [1.54, 1.807) is 6.07 Å². The number of rotatable bonds is 4. The van der Waals surface area contributed by atoms with E-state index in [0.29, 0.717) is 10.0 Å². The Bertz CT molecular complexity index is 473. The number of sulfone groups is 1. The van der Waals surface area contributed by atoms with E-state index in [4.69, 9.17) is 0 Å². The first-order chi connectivity index (χ1) is 7.28. The van der Waals surface area contributed by atoms with Gasteiger partial charge in [-0.1, -0.05) is 22.0 Å². The lowest BCUT2D eigenvalue weighted by Crippen LogP contribution is -2.22. The minimum Gasteiger partial charge on any atom is -0.392 e. The summed E-state index contributed by atoms with van der Waals surface area (Å²) in [6.45, 7) is 0. The maximum atomic E-state index is 13.4. The highest BCUT2D eigenvalue weighted by Crippen LogP contribution is 2.16. The predicted molar refractivity (Wildman–Crippen MR) is 63.5 cm³/mol. The Morgan fingerprint density at radius 1 is 1.50 bits per heavy atom. The first-order valence-electron chi connectivity index (χ1n) is 4.57. The van der Waals surface area contributed by atoms with Crippen molar-refractivity contribution in [1.29, 1.82) is 0 Å². The zero-order chi connectivity index (χ0) is 12.3. The van der Waals surface area contributed by atoms with Gasteiger partial charge in [0.1, 0.15) is 15.7 Å². The van der Waals surface area contributed by atoms with Crippen molar-refractivity contribution in [3.8, 4) is 0 Å². The molecule has 6 heteroatoms. The smallest absolute Gasteiger partial charge is 0.150 e. The van der Waals surface area contributed by atoms with E-state index in [2.05, 4.69) is 15.9 Å². The van der Waals surface area contributed by atoms with Gasteiger partial charge in [-0.2, -0.15) is 0 Å². The Balaban J connectivity index is 2.73. The molecule has 16 heavy (non-hydrogen) atoms. The third-order valence-corrected chi connectivity index (χ3v) is 3.45. The van der Waals surface area contributed by atoms with Crippen LogP contribution in [0.4, 0.5) is 4.39 Å². The number of halogens is 2. The van der Waals surface area contributed by atoms with E-state index in [9.17, 15) is 17.9 Å². The lowest BCUT2D eigenvalue weighted by molar-refractivity contribution is 0.196. The molecule has 0 amide bonds. The summed E-state index contributed by atoms with van der Waals surface area (Å²) in [5.41, 5.74) is 0.305. The van der Waals surface area contributed by atoms with Crippen molar-refractivity contribution >= 4 is 25.8 Å². The predicted octanol–water partition coefficient (Wildman–Crippen LogP) is 1.54. The van der Waals surface area contributed by atoms with Crippen LogP contribution in [0.5, 0.6) is 0 Å². The van der Waals surface area contributed by atoms with Gasteiger partial charge in [0.15, 0.2) is 0 Å². The van der Waals surface area contributed by atoms with Gasteiger partial charge in [0.25, 0.3) is 0 Å². The van der Waals surface area contributed by atoms with Crippen molar-refractivity contribution in [3.05, 3.63) is 34.1 Å². The number of aliphatic hydroxyl groups excluding tert-OH is 1. The largest absolute Gasteiger partial charge is 0.392 e. The van der Waals surface area contributed by atoms with Gasteiger partial charge < -0.3 is 5.11 Å². The van der Waals surface area contributed by atoms with Crippen molar-refractivity contribution in [2.24, 2.45) is 0 Å². The van der Waals surface area contributed by atoms with E-state index < -0.39 is 21.8 Å². The molecule has 0 saturated carbocycles. The standard InChI is InChI=1S/C10H12BrFO3S/c1-16(14,15)6-9(13)4-7-2-3-8(11)5-10(7)12/h2-3,5,9,13H,4,6H2,1H3. The zero-order valence-corrected chi connectivity index (χ0v) is 11.1. The fraction of sp³-hybridized carbons (Fsp3) is 0.400. The third kappa shape index (κ3) is 4.59. The fourth-order valence-corrected chi connectivity index (χ4v) is 2.50. The Hall–Kier alpha value is -0.460. The second-order valence-corrected chi connectivity index (χ2v) is 6.79. The maximum absolute atomic E-state index is 13.4. The minimum absolute atomic E-state index is 0.00775. The second kappa shape index (κ2) is 5.25. The molecule has 0 aliphatic rings. The molecule has 1 rings (SSSR count). The first-order valence-corrected chi connectivity index (χ1v) is 7.43. The van der Waals surface area contributed by atoms with Crippen molar-refractivity contribution < 1.29 is 17.9 Å². The van der Waals surface area contributed by atoms with Gasteiger partial charge in [0.05, 0.1) is 11.9 Å². The number of hydrogen-bond donors (Lipinski definition) is 1. The molecule has 90 valence electrons. The molecule has 0 spiro atoms. The van der Waals surface area contributed by atoms with Crippen LogP contribution in [0, 0.1) is 5.82 Å². The topological polar surface area (TPSA) is 54.4 Å². The molecule has 1 aromatic rings. The van der Waals surface area contributed by atoms with Crippen LogP contribution < -0.4 is 0 Å². The molecular weight excluding hydrogens is 299 g/mol. The number of hydrogen-bond acceptors (Lipinski definition) is 3. The normalized spacial score (nSPS) is 13.8. The van der Waals surface area contributed by atoms with Gasteiger partial charge >= 0.3 is 0 Å². The molecule has 0 aliphatic carbocycles. The van der Waals surface area contributed by atoms with Crippen molar-refractivity contribution in [3.63, 3.8) is 0 Å². The summed E-state index contributed by atoms with van der Waals surface area (Å²) in [7, 11) is -3.25. The van der Waals surface area contributed by atoms with E-state index in [1.165, 1.54) is 12.1 Å². The maximum Gasteiger partial charge on any atom is 0.150 e. The van der Waals surface area contributed by atoms with Gasteiger partial charge in [-0.25, -0.2) is 12.8 Å². The summed E-state index contributed by atoms with van der Waals surface area (Å²) in [5, 5.41) is 9.47. The molecule has 0 saturated heterocycles. The van der Waals surface area contributed by atoms with Crippen LogP contribution in [0.15, 0.2) is 22.7 Å². The highest BCUT2D eigenvalue weighted by atomic mass is 79.9. The van der Waals surface area contributed by atoms with Crippen LogP contribution in [-0.4, -0.2) is 31.6 Å². The molecule has 0 bridgehead atoms. The number of benzene rings is 1. The summed E-state index contributed by atoms with van der Waals surface area (Å²) in [4.78, 5) is 0. The van der Waals surface area contributed by atoms with Crippen molar-refractivity contribution in [2.45, 2.75) is 12.5 Å². The van der Waals surface area contributed by atoms with E-state index in [1.807, 2.05) is 0 Å². The fourth-order valence-electron chi connectivity index (χ4n) is 1.35. The Morgan fingerprint density at radius 3 is 2.62 bits per heavy atom. The first kappa shape index (κ1) is 13.6. The SMILES string of the molecule is CS(=O)(=O)CC(O)Cc1ccc(Br)cc1F. The van der Waals surface area contributed by atoms with Crippen LogP contribution in [0.25, 0.3) is 0 Å². The van der Waals surface area contributed by atoms with Crippen molar-refractivity contribution in [2.75, 3.05) is 12.0 Å². The Kier molecular flexibility index (Phi) is 4.46. The molecule has 3 nitrogen and oxygen atoms in total. The average Bonchev–Trinajstić information content (AvgIpc) is 2.06. The van der Waals surface area contributed by atoms with E-state index in [0.717, 1.165) is 6.26 Å². The molecule has 0 fully saturated rings. The van der Waals surface area contributed by atoms with E-state index in [-0.39, 0.29) is 12.2 Å². The van der Waals surface area contributed by atoms with Crippen LogP contribution in [0.2, 0.25) is 0 Å². The molecule has 0 aliphatic heterocycles. The molecule has 0 radical (unpaired) electrons. The van der Waals surface area contributed by atoms with Crippen LogP contribution in [0.3, 0.4) is 0 Å². The second-order valence-electron chi connectivity index (χ2n) is 3.69. The van der Waals surface area contributed by atoms with Crippen LogP contribution in [-0.2, 0) is 16.3 Å². The Morgan fingerprint density at radius 2 is 2.12 bits per heavy atom. The van der Waals surface area contributed by atoms with Gasteiger partial charge in [-0.3, -0.25) is 0 Å². The summed E-state index contributed by atoms with van der Waals surface area (Å²) in [5.74, 6) is -0.815. The monoisotopic (exact) mass is 310 g/mol. The zero-order valence-electron chi connectivity index (χ0n) is 8.65. The Labute approximate surface area is 102 Å². The lowest BCUT2D eigenvalue weighted by Gasteiger charge is -2.10. The summed E-state index contributed by atoms with van der Waals surface area (Å²) >= 11 is 3.11. The van der Waals surface area contributed by atoms with Crippen molar-refractivity contribution in [1.82, 2.24) is 0 Å². The van der Waals surface area contributed by atoms with E-state index >= 15 is 0 Å². The molecule has 1 aromatic carbocycles. The van der Waals surface area contributed by atoms with Crippen LogP contribution >= 0.6 is 15.9 Å². The molecule has 1 atom stereocenters. The molecule has 0 heterocycles. The van der Waals surface area contributed by atoms with Gasteiger partial charge in [-0.05, 0) is 17.7 Å². The quantitative estimate of drug-likeness (QED) is 0.917. The molecule has 0 aromatic heterocycles. The van der Waals surface area contributed by atoms with Gasteiger partial charge in [0.2, 0.25) is 0 Å². The molecule has 1 unspecified atom stereocenters. The lowest BCUT2D eigenvalue weighted by atomic mass is 10.1.